The number of aryl methyl sites for hydroxylation is 1. The number of nitrogens with zero attached hydrogens (tertiary/aromatic N) is 2. The number of hydrogen-bond acceptors (Lipinski definition) is 7. The number of aromatic nitrogens is 1. The van der Waals surface area contributed by atoms with E-state index in [1.54, 1.807) is 48.7 Å². The zero-order valence-electron chi connectivity index (χ0n) is 17.0. The van der Waals surface area contributed by atoms with Crippen LogP contribution in [0, 0.1) is 6.92 Å². The molecule has 2 aromatic carbocycles. The molecule has 0 atom stereocenters. The summed E-state index contributed by atoms with van der Waals surface area (Å²) in [6.07, 6.45) is 1.59. The molecule has 0 fully saturated rings. The van der Waals surface area contributed by atoms with Crippen LogP contribution in [0.2, 0.25) is 0 Å². The van der Waals surface area contributed by atoms with Crippen molar-refractivity contribution in [2.75, 3.05) is 12.4 Å². The topological polar surface area (TPSA) is 137 Å². The van der Waals surface area contributed by atoms with Crippen LogP contribution in [0.3, 0.4) is 0 Å². The van der Waals surface area contributed by atoms with Crippen LogP contribution in [0.1, 0.15) is 20.8 Å². The number of anilines is 1. The number of amides is 1. The zero-order valence-corrected chi connectivity index (χ0v) is 18.6. The van der Waals surface area contributed by atoms with E-state index in [2.05, 4.69) is 10.3 Å². The van der Waals surface area contributed by atoms with Crippen LogP contribution in [-0.4, -0.2) is 46.8 Å². The van der Waals surface area contributed by atoms with E-state index >= 15 is 0 Å². The van der Waals surface area contributed by atoms with Gasteiger partial charge in [-0.05, 0) is 31.2 Å². The molecule has 0 radical (unpaired) electrons. The average molecular weight is 474 g/mol. The summed E-state index contributed by atoms with van der Waals surface area (Å²) < 4.78 is 25.8. The Bertz CT molecular complexity index is 1300. The lowest BCUT2D eigenvalue weighted by atomic mass is 10.1. The fourth-order valence-electron chi connectivity index (χ4n) is 2.83. The second-order valence-corrected chi connectivity index (χ2v) is 9.74. The summed E-state index contributed by atoms with van der Waals surface area (Å²) in [4.78, 5) is 27.5. The van der Waals surface area contributed by atoms with Crippen LogP contribution >= 0.6 is 11.3 Å². The predicted molar refractivity (Wildman–Crippen MR) is 120 cm³/mol. The van der Waals surface area contributed by atoms with Crippen molar-refractivity contribution in [3.63, 3.8) is 0 Å². The first-order valence-corrected chi connectivity index (χ1v) is 11.4. The van der Waals surface area contributed by atoms with Crippen LogP contribution in [0.15, 0.2) is 71.4 Å². The molecule has 3 aromatic rings. The molecule has 0 bridgehead atoms. The van der Waals surface area contributed by atoms with Gasteiger partial charge in [0.05, 0.1) is 10.5 Å². The number of rotatable bonds is 3. The number of sulfonamides is 1. The molecule has 9 nitrogen and oxygen atoms in total. The normalized spacial score (nSPS) is 14.1. The lowest BCUT2D eigenvalue weighted by Crippen LogP contribution is -2.37. The number of aliphatic hydroxyl groups excluding tert-OH is 1. The molecule has 0 unspecified atom stereocenters. The Hall–Kier alpha value is -3.70. The van der Waals surface area contributed by atoms with Gasteiger partial charge in [0.15, 0.2) is 16.6 Å². The van der Waals surface area contributed by atoms with Gasteiger partial charge in [-0.1, -0.05) is 30.3 Å². The van der Waals surface area contributed by atoms with Crippen molar-refractivity contribution >= 4 is 44.1 Å². The van der Waals surface area contributed by atoms with Gasteiger partial charge in [-0.2, -0.15) is 0 Å². The molecule has 2 heterocycles. The van der Waals surface area contributed by atoms with E-state index in [0.29, 0.717) is 10.7 Å². The number of aromatic carboxylic acids is 1. The van der Waals surface area contributed by atoms with Gasteiger partial charge in [-0.15, -0.1) is 11.3 Å². The quantitative estimate of drug-likeness (QED) is 0.531. The average Bonchev–Trinajstić information content (AvgIpc) is 3.18. The Balaban J connectivity index is 0.000000269. The molecule has 1 amide bonds. The molecule has 0 spiro atoms. The van der Waals surface area contributed by atoms with Gasteiger partial charge < -0.3 is 10.2 Å². The van der Waals surface area contributed by atoms with E-state index < -0.39 is 21.9 Å². The zero-order chi connectivity index (χ0) is 23.5. The van der Waals surface area contributed by atoms with Crippen molar-refractivity contribution in [3.8, 4) is 0 Å². The Labute approximate surface area is 188 Å². The van der Waals surface area contributed by atoms with Crippen molar-refractivity contribution in [1.29, 1.82) is 0 Å². The molecule has 0 aliphatic carbocycles. The molecule has 4 rings (SSSR count). The third-order valence-corrected chi connectivity index (χ3v) is 7.04. The van der Waals surface area contributed by atoms with E-state index in [9.17, 15) is 23.1 Å². The first-order valence-electron chi connectivity index (χ1n) is 9.16. The van der Waals surface area contributed by atoms with Gasteiger partial charge in [0.25, 0.3) is 15.9 Å². The summed E-state index contributed by atoms with van der Waals surface area (Å²) in [5.74, 6) is -2.00. The number of carbonyl (C=O) groups is 2. The maximum absolute atomic E-state index is 12.5. The summed E-state index contributed by atoms with van der Waals surface area (Å²) in [6.45, 7) is 1.83. The van der Waals surface area contributed by atoms with E-state index in [0.717, 1.165) is 9.18 Å². The predicted octanol–water partition coefficient (Wildman–Crippen LogP) is 3.34. The van der Waals surface area contributed by atoms with E-state index in [1.807, 2.05) is 6.92 Å². The first-order chi connectivity index (χ1) is 15.1. The third kappa shape index (κ3) is 4.63. The maximum Gasteiger partial charge on any atom is 0.335 e. The lowest BCUT2D eigenvalue weighted by Gasteiger charge is -2.28. The molecule has 1 aromatic heterocycles. The number of aliphatic hydroxyl groups is 1. The second kappa shape index (κ2) is 9.20. The summed E-state index contributed by atoms with van der Waals surface area (Å²) >= 11 is 1.25. The molecule has 11 heteroatoms. The molecule has 166 valence electrons. The monoisotopic (exact) mass is 473 g/mol. The molecule has 1 aliphatic rings. The Morgan fingerprint density at radius 2 is 1.69 bits per heavy atom. The van der Waals surface area contributed by atoms with Crippen molar-refractivity contribution in [1.82, 2.24) is 9.29 Å². The summed E-state index contributed by atoms with van der Waals surface area (Å²) in [5, 5.41) is 21.6. The smallest absolute Gasteiger partial charge is 0.335 e. The van der Waals surface area contributed by atoms with Crippen LogP contribution in [0.25, 0.3) is 5.76 Å². The number of carboxylic acid groups (broad SMARTS) is 1. The number of carbonyl (C=O) groups excluding carboxylic acids is 1. The standard InChI is InChI=1S/C14H13N3O4S2.C7H6O2/c1-8-7-15-14(22-8)16-13(19)11-12(18)9-5-3-4-6-10(9)23(20,21)17(11)2;8-7(9)6-4-2-1-3-5-6/h3-7,18H,1-2H3,(H,15,16,19);1-5H,(H,8,9). The summed E-state index contributed by atoms with van der Waals surface area (Å²) in [6, 6.07) is 14.3. The fraction of sp³-hybridized carbons (Fsp3) is 0.0952. The molecule has 0 saturated heterocycles. The molecule has 1 aliphatic heterocycles. The minimum Gasteiger partial charge on any atom is -0.505 e. The number of fused-ring (bicyclic) bond motifs is 1. The number of likely N-dealkylation sites (N-methyl/N-ethyl adjacent to an activating group) is 1. The van der Waals surface area contributed by atoms with Crippen LogP contribution in [0.5, 0.6) is 0 Å². The van der Waals surface area contributed by atoms with Gasteiger partial charge in [0.2, 0.25) is 0 Å². The van der Waals surface area contributed by atoms with E-state index in [-0.39, 0.29) is 21.9 Å². The van der Waals surface area contributed by atoms with Crippen LogP contribution in [-0.2, 0) is 14.8 Å². The SMILES string of the molecule is Cc1cnc(NC(=O)C2=C(O)c3ccccc3S(=O)(=O)N2C)s1.O=C(O)c1ccccc1. The van der Waals surface area contributed by atoms with E-state index in [1.165, 1.54) is 30.5 Å². The highest BCUT2D eigenvalue weighted by atomic mass is 32.2. The highest BCUT2D eigenvalue weighted by molar-refractivity contribution is 7.89. The van der Waals surface area contributed by atoms with Crippen LogP contribution < -0.4 is 5.32 Å². The summed E-state index contributed by atoms with van der Waals surface area (Å²) in [7, 11) is -2.67. The van der Waals surface area contributed by atoms with Crippen LogP contribution in [0.4, 0.5) is 5.13 Å². The third-order valence-electron chi connectivity index (χ3n) is 4.40. The van der Waals surface area contributed by atoms with E-state index in [4.69, 9.17) is 5.11 Å². The Morgan fingerprint density at radius 1 is 1.06 bits per heavy atom. The minimum absolute atomic E-state index is 0.0401. The highest BCUT2D eigenvalue weighted by Gasteiger charge is 2.37. The molecular weight excluding hydrogens is 454 g/mol. The lowest BCUT2D eigenvalue weighted by molar-refractivity contribution is -0.113. The maximum atomic E-state index is 12.5. The first kappa shape index (κ1) is 23.0. The number of hydrogen-bond donors (Lipinski definition) is 3. The number of carboxylic acids is 1. The van der Waals surface area contributed by atoms with Gasteiger partial charge in [0, 0.05) is 23.7 Å². The van der Waals surface area contributed by atoms with Crippen molar-refractivity contribution < 1.29 is 28.2 Å². The van der Waals surface area contributed by atoms with Gasteiger partial charge in [-0.3, -0.25) is 14.4 Å². The number of nitrogens with one attached hydrogen (secondary N) is 1. The molecular formula is C21H19N3O6S2. The number of thiazole rings is 1. The summed E-state index contributed by atoms with van der Waals surface area (Å²) in [5.41, 5.74) is 0.0973. The minimum atomic E-state index is -3.90. The molecule has 32 heavy (non-hydrogen) atoms. The highest BCUT2D eigenvalue weighted by Crippen LogP contribution is 2.34. The largest absolute Gasteiger partial charge is 0.505 e. The van der Waals surface area contributed by atoms with Crippen molar-refractivity contribution in [2.45, 2.75) is 11.8 Å². The number of benzene rings is 2. The molecule has 0 saturated carbocycles. The van der Waals surface area contributed by atoms with Gasteiger partial charge >= 0.3 is 5.97 Å². The Kier molecular flexibility index (Phi) is 6.61. The van der Waals surface area contributed by atoms with Crippen molar-refractivity contribution in [2.24, 2.45) is 0 Å². The second-order valence-electron chi connectivity index (χ2n) is 6.57. The van der Waals surface area contributed by atoms with Gasteiger partial charge in [-0.25, -0.2) is 18.2 Å². The van der Waals surface area contributed by atoms with Crippen molar-refractivity contribution in [3.05, 3.63) is 82.5 Å². The Morgan fingerprint density at radius 3 is 2.25 bits per heavy atom. The van der Waals surface area contributed by atoms with Gasteiger partial charge in [0.1, 0.15) is 0 Å². The fourth-order valence-corrected chi connectivity index (χ4v) is 4.89. The molecule has 3 N–H and O–H groups in total.